The Balaban J connectivity index is 1.73. The van der Waals surface area contributed by atoms with Gasteiger partial charge in [0.05, 0.1) is 19.3 Å². The minimum Gasteiger partial charge on any atom is -0.508 e. The molecule has 0 bridgehead atoms. The molecule has 30 heavy (non-hydrogen) atoms. The monoisotopic (exact) mass is 402 g/mol. The molecule has 0 radical (unpaired) electrons. The lowest BCUT2D eigenvalue weighted by atomic mass is 9.83. The maximum Gasteiger partial charge on any atom is 0.306 e. The second-order valence-corrected chi connectivity index (χ2v) is 7.06. The third kappa shape index (κ3) is 2.91. The van der Waals surface area contributed by atoms with Crippen molar-refractivity contribution in [1.82, 2.24) is 4.98 Å². The molecule has 0 amide bonds. The maximum atomic E-state index is 9.97. The summed E-state index contributed by atoms with van der Waals surface area (Å²) in [5.41, 5.74) is 9.18. The van der Waals surface area contributed by atoms with Gasteiger partial charge in [-0.05, 0) is 24.3 Å². The highest BCUT2D eigenvalue weighted by molar-refractivity contribution is 5.63. The number of nitrogens with zero attached hydrogens (tertiary/aromatic N) is 2. The van der Waals surface area contributed by atoms with E-state index in [2.05, 4.69) is 4.98 Å². The minimum atomic E-state index is -0.281. The maximum absolute atomic E-state index is 9.97. The molecular formula is C23H20N3O4+. The number of nitrogens with two attached hydrogens (primary N) is 1. The number of hydrogen-bond acceptors (Lipinski definition) is 6. The third-order valence-electron chi connectivity index (χ3n) is 5.29. The van der Waals surface area contributed by atoms with Crippen molar-refractivity contribution >= 4 is 5.82 Å². The van der Waals surface area contributed by atoms with Gasteiger partial charge in [-0.2, -0.15) is 0 Å². The Morgan fingerprint density at radius 1 is 1.13 bits per heavy atom. The molecule has 0 fully saturated rings. The second kappa shape index (κ2) is 7.11. The molecule has 1 aliphatic rings. The molecule has 0 saturated carbocycles. The van der Waals surface area contributed by atoms with Crippen LogP contribution in [0.25, 0.3) is 0 Å². The molecule has 0 spiro atoms. The number of aromatic nitrogens is 2. The molecule has 3 N–H and O–H groups in total. The molecule has 7 nitrogen and oxygen atoms in total. The van der Waals surface area contributed by atoms with E-state index >= 15 is 0 Å². The van der Waals surface area contributed by atoms with E-state index in [1.165, 1.54) is 0 Å². The van der Waals surface area contributed by atoms with Gasteiger partial charge in [0.2, 0.25) is 12.1 Å². The molecule has 5 rings (SSSR count). The van der Waals surface area contributed by atoms with E-state index in [0.717, 1.165) is 28.2 Å². The van der Waals surface area contributed by atoms with E-state index in [0.29, 0.717) is 24.0 Å². The van der Waals surface area contributed by atoms with Gasteiger partial charge < -0.3 is 24.7 Å². The summed E-state index contributed by atoms with van der Waals surface area (Å²) in [5.74, 6) is 2.79. The fourth-order valence-electron chi connectivity index (χ4n) is 3.90. The van der Waals surface area contributed by atoms with Crippen molar-refractivity contribution < 1.29 is 23.6 Å². The average Bonchev–Trinajstić information content (AvgIpc) is 3.27. The number of furan rings is 1. The van der Waals surface area contributed by atoms with Crippen molar-refractivity contribution in [1.29, 1.82) is 0 Å². The van der Waals surface area contributed by atoms with Crippen LogP contribution >= 0.6 is 0 Å². The fourth-order valence-corrected chi connectivity index (χ4v) is 3.90. The van der Waals surface area contributed by atoms with Crippen LogP contribution in [0.3, 0.4) is 0 Å². The van der Waals surface area contributed by atoms with Gasteiger partial charge in [0.25, 0.3) is 0 Å². The number of phenolic OH excluding ortho intramolecular Hbond substituents is 1. The van der Waals surface area contributed by atoms with Gasteiger partial charge in [-0.1, -0.05) is 29.2 Å². The molecule has 0 unspecified atom stereocenters. The summed E-state index contributed by atoms with van der Waals surface area (Å²) in [6, 6.07) is 16.6. The normalized spacial score (nSPS) is 14.5. The Morgan fingerprint density at radius 3 is 2.80 bits per heavy atom. The topological polar surface area (TPSA) is 94.6 Å². The minimum absolute atomic E-state index is 0.118. The van der Waals surface area contributed by atoms with E-state index in [1.807, 2.05) is 47.0 Å². The van der Waals surface area contributed by atoms with Gasteiger partial charge in [-0.15, -0.1) is 0 Å². The molecule has 2 aromatic carbocycles. The van der Waals surface area contributed by atoms with Crippen LogP contribution < -0.4 is 19.8 Å². The van der Waals surface area contributed by atoms with Crippen molar-refractivity contribution in [2.24, 2.45) is 0 Å². The lowest BCUT2D eigenvalue weighted by Gasteiger charge is -2.28. The molecule has 4 aromatic rings. The first-order chi connectivity index (χ1) is 14.7. The van der Waals surface area contributed by atoms with Crippen LogP contribution in [0.15, 0.2) is 71.6 Å². The lowest BCUT2D eigenvalue weighted by molar-refractivity contribution is -0.679. The largest absolute Gasteiger partial charge is 0.508 e. The molecule has 1 atom stereocenters. The SMILES string of the molecule is COc1ccccc1[C@H]1c2ccc(O)cc2Oc2nc[n+](Cc3ccco3)c(N)c21. The molecular weight excluding hydrogens is 382 g/mol. The van der Waals surface area contributed by atoms with E-state index in [9.17, 15) is 5.11 Å². The van der Waals surface area contributed by atoms with Crippen LogP contribution in [0.1, 0.15) is 28.4 Å². The number of ether oxygens (including phenoxy) is 2. The van der Waals surface area contributed by atoms with Gasteiger partial charge in [0, 0.05) is 17.2 Å². The van der Waals surface area contributed by atoms with Crippen LogP contribution in [0, 0.1) is 0 Å². The van der Waals surface area contributed by atoms with Crippen LogP contribution in [-0.4, -0.2) is 17.2 Å². The van der Waals surface area contributed by atoms with E-state index in [1.54, 1.807) is 31.8 Å². The Morgan fingerprint density at radius 2 is 2.00 bits per heavy atom. The Kier molecular flexibility index (Phi) is 4.28. The highest BCUT2D eigenvalue weighted by Crippen LogP contribution is 2.50. The Bertz CT molecular complexity index is 1220. The summed E-state index contributed by atoms with van der Waals surface area (Å²) in [6.45, 7) is 0.445. The number of hydrogen-bond donors (Lipinski definition) is 2. The second-order valence-electron chi connectivity index (χ2n) is 7.06. The van der Waals surface area contributed by atoms with Gasteiger partial charge in [-0.25, -0.2) is 4.57 Å². The molecule has 0 saturated heterocycles. The predicted molar refractivity (Wildman–Crippen MR) is 109 cm³/mol. The van der Waals surface area contributed by atoms with Crippen LogP contribution in [-0.2, 0) is 6.54 Å². The number of nitrogen functional groups attached to an aromatic ring is 1. The van der Waals surface area contributed by atoms with Crippen molar-refractivity contribution in [2.75, 3.05) is 12.8 Å². The molecule has 7 heteroatoms. The molecule has 0 aliphatic carbocycles. The quantitative estimate of drug-likeness (QED) is 0.446. The van der Waals surface area contributed by atoms with Gasteiger partial charge in [-0.3, -0.25) is 0 Å². The number of anilines is 1. The van der Waals surface area contributed by atoms with Crippen LogP contribution in [0.2, 0.25) is 0 Å². The highest BCUT2D eigenvalue weighted by atomic mass is 16.5. The summed E-state index contributed by atoms with van der Waals surface area (Å²) in [5, 5.41) is 9.97. The Labute approximate surface area is 172 Å². The van der Waals surface area contributed by atoms with E-state index in [-0.39, 0.29) is 11.7 Å². The smallest absolute Gasteiger partial charge is 0.306 e. The van der Waals surface area contributed by atoms with E-state index in [4.69, 9.17) is 19.6 Å². The first-order valence-electron chi connectivity index (χ1n) is 9.49. The predicted octanol–water partition coefficient (Wildman–Crippen LogP) is 3.59. The number of para-hydroxylation sites is 1. The van der Waals surface area contributed by atoms with Crippen molar-refractivity contribution in [2.45, 2.75) is 12.5 Å². The number of fused-ring (bicyclic) bond motifs is 2. The first-order valence-corrected chi connectivity index (χ1v) is 9.49. The zero-order valence-corrected chi connectivity index (χ0v) is 16.3. The third-order valence-corrected chi connectivity index (χ3v) is 5.29. The van der Waals surface area contributed by atoms with Gasteiger partial charge in [0.1, 0.15) is 35.1 Å². The zero-order valence-electron chi connectivity index (χ0n) is 16.3. The molecule has 150 valence electrons. The zero-order chi connectivity index (χ0) is 20.7. The average molecular weight is 402 g/mol. The van der Waals surface area contributed by atoms with Gasteiger partial charge in [0.15, 0.2) is 0 Å². The van der Waals surface area contributed by atoms with Crippen LogP contribution in [0.5, 0.6) is 23.1 Å². The molecule has 3 heterocycles. The van der Waals surface area contributed by atoms with Crippen molar-refractivity contribution in [3.8, 4) is 23.1 Å². The first kappa shape index (κ1) is 18.1. The summed E-state index contributed by atoms with van der Waals surface area (Å²) < 4.78 is 19.0. The number of aromatic hydroxyl groups is 1. The summed E-state index contributed by atoms with van der Waals surface area (Å²) >= 11 is 0. The van der Waals surface area contributed by atoms with E-state index < -0.39 is 0 Å². The Hall–Kier alpha value is -4.00. The molecule has 2 aromatic heterocycles. The van der Waals surface area contributed by atoms with Crippen molar-refractivity contribution in [3.63, 3.8) is 0 Å². The fraction of sp³-hybridized carbons (Fsp3) is 0.130. The van der Waals surface area contributed by atoms with Crippen LogP contribution in [0.4, 0.5) is 5.82 Å². The molecule has 1 aliphatic heterocycles. The highest BCUT2D eigenvalue weighted by Gasteiger charge is 2.37. The number of methoxy groups -OCH3 is 1. The van der Waals surface area contributed by atoms with Gasteiger partial charge >= 0.3 is 5.88 Å². The summed E-state index contributed by atoms with van der Waals surface area (Å²) in [6.07, 6.45) is 3.26. The van der Waals surface area contributed by atoms with Crippen molar-refractivity contribution in [3.05, 3.63) is 89.6 Å². The summed E-state index contributed by atoms with van der Waals surface area (Å²) in [7, 11) is 1.64. The summed E-state index contributed by atoms with van der Waals surface area (Å²) in [4.78, 5) is 4.52. The number of phenols is 1. The lowest BCUT2D eigenvalue weighted by Crippen LogP contribution is -2.40. The standard InChI is InChI=1S/C23H19N3O4/c1-28-18-7-3-2-6-16(18)20-17-9-8-14(27)11-19(17)30-23-21(20)22(24)26(13-25-23)12-15-5-4-10-29-15/h2-11,13,20,24,27H,12H2,1H3/p+1/t20-/m0/s1. The number of benzene rings is 2. The number of rotatable bonds is 4.